The Morgan fingerprint density at radius 1 is 1.00 bits per heavy atom. The molecule has 2 nitrogen and oxygen atoms in total. The van der Waals surface area contributed by atoms with Gasteiger partial charge in [0.05, 0.1) is 5.52 Å². The predicted molar refractivity (Wildman–Crippen MR) is 72.3 cm³/mol. The highest BCUT2D eigenvalue weighted by Gasteiger charge is 1.97. The zero-order valence-corrected chi connectivity index (χ0v) is 10.7. The number of aromatic nitrogens is 1. The van der Waals surface area contributed by atoms with Gasteiger partial charge in [-0.05, 0) is 17.7 Å². The first kappa shape index (κ1) is 14.6. The molecule has 1 aromatic carbocycles. The van der Waals surface area contributed by atoms with Gasteiger partial charge in [0.1, 0.15) is 0 Å². The van der Waals surface area contributed by atoms with Crippen LogP contribution in [0.5, 0.6) is 0 Å². The monoisotopic (exact) mass is 218 g/mol. The molecule has 2 rings (SSSR count). The number of rotatable bonds is 1. The molecule has 0 radical (unpaired) electrons. The second kappa shape index (κ2) is 8.86. The Labute approximate surface area is 98.5 Å². The molecule has 0 spiro atoms. The van der Waals surface area contributed by atoms with Crippen LogP contribution in [0.1, 0.15) is 33.3 Å². The van der Waals surface area contributed by atoms with Crippen LogP contribution in [0, 0.1) is 0 Å². The van der Waals surface area contributed by atoms with E-state index in [1.54, 1.807) is 6.20 Å². The van der Waals surface area contributed by atoms with Crippen LogP contribution < -0.4 is 5.73 Å². The molecular weight excluding hydrogens is 196 g/mol. The Hall–Kier alpha value is -1.41. The molecule has 0 saturated carbocycles. The maximum Gasteiger partial charge on any atom is 0.0705 e. The Morgan fingerprint density at radius 2 is 1.62 bits per heavy atom. The highest BCUT2D eigenvalue weighted by Crippen LogP contribution is 2.14. The zero-order chi connectivity index (χ0) is 12.4. The van der Waals surface area contributed by atoms with Gasteiger partial charge in [-0.3, -0.25) is 4.98 Å². The summed E-state index contributed by atoms with van der Waals surface area (Å²) in [6.07, 6.45) is 1.80. The first-order chi connectivity index (χ1) is 7.92. The van der Waals surface area contributed by atoms with Gasteiger partial charge in [0.25, 0.3) is 0 Å². The van der Waals surface area contributed by atoms with Crippen molar-refractivity contribution >= 4 is 10.9 Å². The molecule has 0 unspecified atom stereocenters. The van der Waals surface area contributed by atoms with E-state index < -0.39 is 0 Å². The molecule has 0 saturated heterocycles. The fourth-order valence-electron chi connectivity index (χ4n) is 1.33. The first-order valence-electron chi connectivity index (χ1n) is 5.94. The largest absolute Gasteiger partial charge is 0.326 e. The molecule has 0 aliphatic rings. The van der Waals surface area contributed by atoms with Crippen LogP contribution in [-0.2, 0) is 6.54 Å². The van der Waals surface area contributed by atoms with Crippen LogP contribution in [0.25, 0.3) is 10.9 Å². The molecular formula is C14H22N2. The highest BCUT2D eigenvalue weighted by atomic mass is 14.7. The fourth-order valence-corrected chi connectivity index (χ4v) is 1.33. The van der Waals surface area contributed by atoms with Gasteiger partial charge in [0.2, 0.25) is 0 Å². The number of benzene rings is 1. The van der Waals surface area contributed by atoms with Gasteiger partial charge in [-0.1, -0.05) is 45.9 Å². The number of hydrogen-bond donors (Lipinski definition) is 1. The van der Waals surface area contributed by atoms with Crippen LogP contribution in [0.15, 0.2) is 36.5 Å². The summed E-state index contributed by atoms with van der Waals surface area (Å²) in [5.41, 5.74) is 7.76. The standard InChI is InChI=1S/C10H10N2.2C2H6/c11-7-8-5-6-12-10-4-2-1-3-9(8)10;2*1-2/h1-6H,7,11H2;2*1-2H3. The third-order valence-corrected chi connectivity index (χ3v) is 1.96. The molecule has 0 fully saturated rings. The van der Waals surface area contributed by atoms with Gasteiger partial charge in [0.15, 0.2) is 0 Å². The van der Waals surface area contributed by atoms with Crippen molar-refractivity contribution < 1.29 is 0 Å². The molecule has 16 heavy (non-hydrogen) atoms. The molecule has 1 heterocycles. The van der Waals surface area contributed by atoms with Gasteiger partial charge in [-0.15, -0.1) is 0 Å². The van der Waals surface area contributed by atoms with E-state index in [9.17, 15) is 0 Å². The third kappa shape index (κ3) is 3.63. The van der Waals surface area contributed by atoms with Gasteiger partial charge in [0, 0.05) is 18.1 Å². The fraction of sp³-hybridized carbons (Fsp3) is 0.357. The van der Waals surface area contributed by atoms with E-state index in [4.69, 9.17) is 5.73 Å². The van der Waals surface area contributed by atoms with Crippen molar-refractivity contribution in [3.63, 3.8) is 0 Å². The Balaban J connectivity index is 0.000000509. The smallest absolute Gasteiger partial charge is 0.0705 e. The number of nitrogens with two attached hydrogens (primary N) is 1. The average Bonchev–Trinajstić information content (AvgIpc) is 2.42. The molecule has 0 aliphatic carbocycles. The Morgan fingerprint density at radius 3 is 2.25 bits per heavy atom. The van der Waals surface area contributed by atoms with E-state index in [0.29, 0.717) is 6.54 Å². The Kier molecular flexibility index (Phi) is 8.08. The van der Waals surface area contributed by atoms with Gasteiger partial charge in [-0.25, -0.2) is 0 Å². The summed E-state index contributed by atoms with van der Waals surface area (Å²) in [6.45, 7) is 8.57. The van der Waals surface area contributed by atoms with Crippen LogP contribution in [0.3, 0.4) is 0 Å². The molecule has 2 N–H and O–H groups in total. The number of pyridine rings is 1. The van der Waals surface area contributed by atoms with Crippen molar-refractivity contribution in [3.05, 3.63) is 42.1 Å². The second-order valence-corrected chi connectivity index (χ2v) is 2.69. The maximum atomic E-state index is 5.59. The van der Waals surface area contributed by atoms with E-state index >= 15 is 0 Å². The summed E-state index contributed by atoms with van der Waals surface area (Å²) in [4.78, 5) is 4.23. The summed E-state index contributed by atoms with van der Waals surface area (Å²) < 4.78 is 0. The SMILES string of the molecule is CC.CC.NCc1ccnc2ccccc12. The second-order valence-electron chi connectivity index (χ2n) is 2.69. The lowest BCUT2D eigenvalue weighted by molar-refractivity contribution is 1.08. The average molecular weight is 218 g/mol. The van der Waals surface area contributed by atoms with Crippen LogP contribution in [0.4, 0.5) is 0 Å². The van der Waals surface area contributed by atoms with Crippen molar-refractivity contribution in [2.45, 2.75) is 34.2 Å². The molecule has 0 atom stereocenters. The topological polar surface area (TPSA) is 38.9 Å². The molecule has 0 bridgehead atoms. The molecule has 88 valence electrons. The summed E-state index contributed by atoms with van der Waals surface area (Å²) in [5.74, 6) is 0. The Bertz CT molecular complexity index is 391. The summed E-state index contributed by atoms with van der Waals surface area (Å²) in [7, 11) is 0. The normalized spacial score (nSPS) is 8.56. The summed E-state index contributed by atoms with van der Waals surface area (Å²) in [5, 5.41) is 1.16. The molecule has 0 aliphatic heterocycles. The summed E-state index contributed by atoms with van der Waals surface area (Å²) >= 11 is 0. The third-order valence-electron chi connectivity index (χ3n) is 1.96. The van der Waals surface area contributed by atoms with Crippen molar-refractivity contribution in [2.75, 3.05) is 0 Å². The lowest BCUT2D eigenvalue weighted by atomic mass is 10.1. The van der Waals surface area contributed by atoms with Crippen molar-refractivity contribution in [1.82, 2.24) is 4.98 Å². The minimum absolute atomic E-state index is 0.572. The maximum absolute atomic E-state index is 5.59. The van der Waals surface area contributed by atoms with Crippen LogP contribution in [0.2, 0.25) is 0 Å². The minimum atomic E-state index is 0.572. The van der Waals surface area contributed by atoms with E-state index in [-0.39, 0.29) is 0 Å². The van der Waals surface area contributed by atoms with Crippen molar-refractivity contribution in [2.24, 2.45) is 5.73 Å². The minimum Gasteiger partial charge on any atom is -0.326 e. The first-order valence-corrected chi connectivity index (χ1v) is 5.94. The van der Waals surface area contributed by atoms with Gasteiger partial charge in [-0.2, -0.15) is 0 Å². The van der Waals surface area contributed by atoms with Gasteiger partial charge < -0.3 is 5.73 Å². The lowest BCUT2D eigenvalue weighted by Crippen LogP contribution is -1.97. The zero-order valence-electron chi connectivity index (χ0n) is 10.7. The number of fused-ring (bicyclic) bond motifs is 1. The number of hydrogen-bond acceptors (Lipinski definition) is 2. The quantitative estimate of drug-likeness (QED) is 0.791. The molecule has 1 aromatic heterocycles. The number of nitrogens with zero attached hydrogens (tertiary/aromatic N) is 1. The van der Waals surface area contributed by atoms with Crippen molar-refractivity contribution in [3.8, 4) is 0 Å². The van der Waals surface area contributed by atoms with E-state index in [2.05, 4.69) is 4.98 Å². The summed E-state index contributed by atoms with van der Waals surface area (Å²) in [6, 6.07) is 9.99. The molecule has 2 heteroatoms. The van der Waals surface area contributed by atoms with Gasteiger partial charge >= 0.3 is 0 Å². The van der Waals surface area contributed by atoms with E-state index in [1.807, 2.05) is 58.0 Å². The predicted octanol–water partition coefficient (Wildman–Crippen LogP) is 3.75. The van der Waals surface area contributed by atoms with Crippen LogP contribution >= 0.6 is 0 Å². The van der Waals surface area contributed by atoms with E-state index in [0.717, 1.165) is 16.5 Å². The molecule has 2 aromatic rings. The van der Waals surface area contributed by atoms with Crippen molar-refractivity contribution in [1.29, 1.82) is 0 Å². The van der Waals surface area contributed by atoms with E-state index in [1.165, 1.54) is 0 Å². The lowest BCUT2D eigenvalue weighted by Gasteiger charge is -2.01. The van der Waals surface area contributed by atoms with Crippen LogP contribution in [-0.4, -0.2) is 4.98 Å². The highest BCUT2D eigenvalue weighted by molar-refractivity contribution is 5.81. The number of para-hydroxylation sites is 1. The molecule has 0 amide bonds.